The van der Waals surface area contributed by atoms with Crippen molar-refractivity contribution in [2.24, 2.45) is 0 Å². The van der Waals surface area contributed by atoms with Crippen LogP contribution in [0.1, 0.15) is 17.5 Å². The Hall–Kier alpha value is -1.85. The van der Waals surface area contributed by atoms with Gasteiger partial charge in [0.15, 0.2) is 23.4 Å². The van der Waals surface area contributed by atoms with E-state index >= 15 is 0 Å². The monoisotopic (exact) mass is 297 g/mol. The van der Waals surface area contributed by atoms with Crippen LogP contribution in [0.5, 0.6) is 11.5 Å². The molecular formula is C17H15NO4. The summed E-state index contributed by atoms with van der Waals surface area (Å²) in [6.45, 7) is 0. The van der Waals surface area contributed by atoms with Crippen LogP contribution in [-0.2, 0) is 15.7 Å². The van der Waals surface area contributed by atoms with Crippen molar-refractivity contribution in [2.45, 2.75) is 35.1 Å². The Balaban J connectivity index is 1.78. The zero-order valence-corrected chi connectivity index (χ0v) is 12.3. The molecule has 22 heavy (non-hydrogen) atoms. The second-order valence-electron chi connectivity index (χ2n) is 7.16. The van der Waals surface area contributed by atoms with Gasteiger partial charge in [-0.15, -0.1) is 0 Å². The molecule has 2 bridgehead atoms. The van der Waals surface area contributed by atoms with E-state index in [4.69, 9.17) is 9.47 Å². The van der Waals surface area contributed by atoms with Crippen LogP contribution >= 0.6 is 0 Å². The second kappa shape index (κ2) is 2.84. The fourth-order valence-corrected chi connectivity index (χ4v) is 6.02. The number of carbonyl (C=O) groups excluding carboxylic acids is 1. The van der Waals surface area contributed by atoms with Crippen LogP contribution in [0.15, 0.2) is 24.3 Å². The average molecular weight is 297 g/mol. The number of likely N-dealkylation sites (tertiary alicyclic amines) is 1. The molecule has 0 aromatic heterocycles. The lowest BCUT2D eigenvalue weighted by Gasteiger charge is -2.44. The minimum atomic E-state index is -1.04. The first kappa shape index (κ1) is 11.7. The quantitative estimate of drug-likeness (QED) is 0.765. The highest BCUT2D eigenvalue weighted by atomic mass is 16.5. The molecule has 0 amide bonds. The first-order valence-electron chi connectivity index (χ1n) is 7.59. The van der Waals surface area contributed by atoms with Crippen molar-refractivity contribution in [2.75, 3.05) is 14.2 Å². The van der Waals surface area contributed by atoms with Gasteiger partial charge in [0, 0.05) is 5.56 Å². The van der Waals surface area contributed by atoms with Gasteiger partial charge < -0.3 is 14.6 Å². The Morgan fingerprint density at radius 3 is 3.05 bits per heavy atom. The van der Waals surface area contributed by atoms with E-state index in [1.807, 2.05) is 13.1 Å². The van der Waals surface area contributed by atoms with E-state index in [1.54, 1.807) is 13.2 Å². The molecule has 6 atom stereocenters. The van der Waals surface area contributed by atoms with Gasteiger partial charge in [-0.05, 0) is 37.3 Å². The highest BCUT2D eigenvalue weighted by Crippen LogP contribution is 2.80. The van der Waals surface area contributed by atoms with Gasteiger partial charge in [0.1, 0.15) is 5.60 Å². The summed E-state index contributed by atoms with van der Waals surface area (Å²) in [6, 6.07) is 4.02. The number of nitrogens with zero attached hydrogens (tertiary/aromatic N) is 1. The number of methoxy groups -OCH3 is 1. The number of piperidine rings is 1. The number of rotatable bonds is 1. The van der Waals surface area contributed by atoms with Gasteiger partial charge in [0.2, 0.25) is 0 Å². The largest absolute Gasteiger partial charge is 0.493 e. The van der Waals surface area contributed by atoms with Crippen molar-refractivity contribution in [1.29, 1.82) is 0 Å². The first-order valence-corrected chi connectivity index (χ1v) is 7.59. The summed E-state index contributed by atoms with van der Waals surface area (Å²) < 4.78 is 11.5. The van der Waals surface area contributed by atoms with E-state index in [9.17, 15) is 9.90 Å². The van der Waals surface area contributed by atoms with Crippen LogP contribution in [0.2, 0.25) is 0 Å². The summed E-state index contributed by atoms with van der Waals surface area (Å²) in [6.07, 6.45) is 3.32. The van der Waals surface area contributed by atoms with Crippen molar-refractivity contribution < 1.29 is 19.4 Å². The summed E-state index contributed by atoms with van der Waals surface area (Å²) in [5.41, 5.74) is 0.367. The van der Waals surface area contributed by atoms with Gasteiger partial charge in [-0.2, -0.15) is 0 Å². The van der Waals surface area contributed by atoms with Crippen molar-refractivity contribution in [3.63, 3.8) is 0 Å². The molecule has 1 aromatic carbocycles. The Labute approximate surface area is 127 Å². The van der Waals surface area contributed by atoms with Crippen LogP contribution in [0.25, 0.3) is 0 Å². The Morgan fingerprint density at radius 1 is 1.45 bits per heavy atom. The van der Waals surface area contributed by atoms with Gasteiger partial charge in [-0.1, -0.05) is 6.07 Å². The highest BCUT2D eigenvalue weighted by molar-refractivity contribution is 6.00. The lowest BCUT2D eigenvalue weighted by molar-refractivity contribution is -0.130. The molecule has 1 saturated carbocycles. The maximum Gasteiger partial charge on any atom is 0.196 e. The third kappa shape index (κ3) is 0.754. The molecule has 3 aliphatic carbocycles. The molecule has 1 aromatic rings. The van der Waals surface area contributed by atoms with Crippen molar-refractivity contribution in [3.05, 3.63) is 35.4 Å². The van der Waals surface area contributed by atoms with E-state index in [2.05, 4.69) is 11.0 Å². The van der Waals surface area contributed by atoms with Gasteiger partial charge in [0.25, 0.3) is 0 Å². The fourth-order valence-electron chi connectivity index (χ4n) is 6.02. The Bertz CT molecular complexity index is 832. The normalized spacial score (nSPS) is 50.7. The maximum absolute atomic E-state index is 12.5. The smallest absolute Gasteiger partial charge is 0.196 e. The highest BCUT2D eigenvalue weighted by Gasteiger charge is 2.90. The number of likely N-dealkylation sites (N-methyl/N-ethyl adjacent to an activating group) is 1. The summed E-state index contributed by atoms with van der Waals surface area (Å²) in [5.74, 6) is 1.23. The van der Waals surface area contributed by atoms with Gasteiger partial charge in [-0.25, -0.2) is 0 Å². The van der Waals surface area contributed by atoms with Gasteiger partial charge in [0.05, 0.1) is 24.1 Å². The molecule has 2 unspecified atom stereocenters. The molecule has 6 rings (SSSR count). The van der Waals surface area contributed by atoms with E-state index in [0.717, 1.165) is 12.0 Å². The molecule has 5 nitrogen and oxygen atoms in total. The average Bonchev–Trinajstić information content (AvgIpc) is 2.83. The minimum absolute atomic E-state index is 0.0299. The van der Waals surface area contributed by atoms with Crippen LogP contribution in [-0.4, -0.2) is 47.7 Å². The second-order valence-corrected chi connectivity index (χ2v) is 7.16. The Kier molecular flexibility index (Phi) is 1.51. The third-order valence-electron chi connectivity index (χ3n) is 6.78. The number of benzene rings is 1. The number of aliphatic hydroxyl groups is 1. The van der Waals surface area contributed by atoms with E-state index < -0.39 is 17.1 Å². The van der Waals surface area contributed by atoms with Crippen molar-refractivity contribution >= 4 is 5.78 Å². The summed E-state index contributed by atoms with van der Waals surface area (Å²) in [4.78, 5) is 14.7. The predicted octanol–water partition coefficient (Wildman–Crippen LogP) is 0.491. The minimum Gasteiger partial charge on any atom is -0.493 e. The molecule has 2 aliphatic heterocycles. The molecule has 112 valence electrons. The maximum atomic E-state index is 12.5. The molecule has 1 N–H and O–H groups in total. The molecule has 2 fully saturated rings. The fraction of sp³-hybridized carbons (Fsp3) is 0.471. The topological polar surface area (TPSA) is 58.8 Å². The summed E-state index contributed by atoms with van der Waals surface area (Å²) >= 11 is 0. The SMILES string of the molecule is COc1ccc2c3c1O[C@H]1C(=O)C=C[C@@]4(O)[C@@H]5N(C)C25C[C@]314. The van der Waals surface area contributed by atoms with Crippen molar-refractivity contribution in [3.8, 4) is 11.5 Å². The number of fused-ring (bicyclic) bond motifs is 1. The molecule has 5 aliphatic rings. The van der Waals surface area contributed by atoms with E-state index in [-0.39, 0.29) is 17.4 Å². The van der Waals surface area contributed by atoms with Crippen LogP contribution < -0.4 is 9.47 Å². The van der Waals surface area contributed by atoms with Gasteiger partial charge >= 0.3 is 0 Å². The van der Waals surface area contributed by atoms with Crippen molar-refractivity contribution in [1.82, 2.24) is 4.90 Å². The first-order chi connectivity index (χ1) is 10.5. The van der Waals surface area contributed by atoms with E-state index in [0.29, 0.717) is 11.5 Å². The third-order valence-corrected chi connectivity index (χ3v) is 6.78. The Morgan fingerprint density at radius 2 is 2.27 bits per heavy atom. The van der Waals surface area contributed by atoms with Crippen LogP contribution in [0.3, 0.4) is 0 Å². The van der Waals surface area contributed by atoms with Gasteiger partial charge in [-0.3, -0.25) is 9.69 Å². The summed E-state index contributed by atoms with van der Waals surface area (Å²) in [5, 5.41) is 11.5. The summed E-state index contributed by atoms with van der Waals surface area (Å²) in [7, 11) is 3.65. The number of ketones is 1. The number of ether oxygens (including phenoxy) is 2. The molecule has 0 radical (unpaired) electrons. The number of hydrogen-bond donors (Lipinski definition) is 1. The lowest BCUT2D eigenvalue weighted by atomic mass is 9.62. The van der Waals surface area contributed by atoms with Crippen LogP contribution in [0, 0.1) is 0 Å². The predicted molar refractivity (Wildman–Crippen MR) is 76.0 cm³/mol. The molecular weight excluding hydrogens is 282 g/mol. The number of hydrogen-bond acceptors (Lipinski definition) is 5. The van der Waals surface area contributed by atoms with Crippen LogP contribution in [0.4, 0.5) is 0 Å². The molecule has 1 saturated heterocycles. The molecule has 5 heteroatoms. The zero-order valence-electron chi connectivity index (χ0n) is 12.3. The molecule has 2 spiro atoms. The van der Waals surface area contributed by atoms with E-state index in [1.165, 1.54) is 11.6 Å². The zero-order chi connectivity index (χ0) is 15.1. The molecule has 2 heterocycles. The lowest BCUT2D eigenvalue weighted by Crippen LogP contribution is -2.61. The number of carbonyl (C=O) groups is 1. The standard InChI is InChI=1S/C17H15NO4/c1-18-14-16(18)7-15-11-8(16)3-4-10(21-2)12(11)22-13(15)9(19)5-6-17(14,15)20/h3-6,13-14,20H,7H2,1-2H3/t13-,14+,15-,16?,17+,18?/m0/s1.